The van der Waals surface area contributed by atoms with Crippen molar-refractivity contribution in [3.63, 3.8) is 0 Å². The molecule has 6 nitrogen and oxygen atoms in total. The Balaban J connectivity index is 1.81. The van der Waals surface area contributed by atoms with Crippen LogP contribution in [0.5, 0.6) is 17.2 Å². The van der Waals surface area contributed by atoms with Crippen molar-refractivity contribution in [1.82, 2.24) is 5.32 Å². The maximum Gasteiger partial charge on any atom is 0.308 e. The topological polar surface area (TPSA) is 77.0 Å². The monoisotopic (exact) mass is 401 g/mol. The lowest BCUT2D eigenvalue weighted by Crippen LogP contribution is -2.39. The van der Waals surface area contributed by atoms with Gasteiger partial charge in [0.2, 0.25) is 0 Å². The highest BCUT2D eigenvalue weighted by atomic mass is 16.5. The van der Waals surface area contributed by atoms with Crippen molar-refractivity contribution >= 4 is 5.97 Å². The first-order valence-corrected chi connectivity index (χ1v) is 9.79. The lowest BCUT2D eigenvalue weighted by Gasteiger charge is -2.20. The number of carbonyl (C=O) groups excluding carboxylic acids is 1. The fraction of sp³-hybridized carbons (Fsp3) is 0.435. The van der Waals surface area contributed by atoms with Gasteiger partial charge in [-0.3, -0.25) is 4.79 Å². The van der Waals surface area contributed by atoms with E-state index in [-0.39, 0.29) is 18.6 Å². The Kier molecular flexibility index (Phi) is 8.49. The van der Waals surface area contributed by atoms with Crippen LogP contribution in [0.15, 0.2) is 36.4 Å². The van der Waals surface area contributed by atoms with Gasteiger partial charge in [-0.15, -0.1) is 0 Å². The van der Waals surface area contributed by atoms with Crippen LogP contribution in [0.25, 0.3) is 0 Å². The van der Waals surface area contributed by atoms with Gasteiger partial charge < -0.3 is 24.6 Å². The normalized spacial score (nSPS) is 12.9. The van der Waals surface area contributed by atoms with E-state index in [9.17, 15) is 9.90 Å². The molecule has 0 heterocycles. The predicted octanol–water partition coefficient (Wildman–Crippen LogP) is 3.33. The minimum Gasteiger partial charge on any atom is -0.492 e. The molecular formula is C23H31NO5. The summed E-state index contributed by atoms with van der Waals surface area (Å²) in [6.07, 6.45) is -0.665. The van der Waals surface area contributed by atoms with E-state index in [0.717, 1.165) is 22.4 Å². The van der Waals surface area contributed by atoms with Gasteiger partial charge in [-0.1, -0.05) is 18.2 Å². The first-order chi connectivity index (χ1) is 13.8. The molecule has 0 aliphatic carbocycles. The second-order valence-electron chi connectivity index (χ2n) is 7.26. The third-order valence-electron chi connectivity index (χ3n) is 4.60. The molecule has 0 saturated heterocycles. The Bertz CT molecular complexity index is 807. The van der Waals surface area contributed by atoms with Crippen LogP contribution in [-0.4, -0.2) is 43.0 Å². The van der Waals surface area contributed by atoms with Crippen molar-refractivity contribution in [2.24, 2.45) is 0 Å². The fourth-order valence-corrected chi connectivity index (χ4v) is 2.85. The number of esters is 1. The highest BCUT2D eigenvalue weighted by Gasteiger charge is 2.15. The molecule has 2 atom stereocenters. The number of aliphatic hydroxyl groups excluding tert-OH is 1. The van der Waals surface area contributed by atoms with Gasteiger partial charge in [0.15, 0.2) is 0 Å². The lowest BCUT2D eigenvalue weighted by molar-refractivity contribution is -0.131. The number of hydrogen-bond acceptors (Lipinski definition) is 6. The summed E-state index contributed by atoms with van der Waals surface area (Å²) in [5.74, 6) is 1.71. The molecule has 0 radical (unpaired) electrons. The highest BCUT2D eigenvalue weighted by molar-refractivity contribution is 5.71. The van der Waals surface area contributed by atoms with E-state index in [1.807, 2.05) is 64.1 Å². The van der Waals surface area contributed by atoms with Gasteiger partial charge in [0.1, 0.15) is 36.6 Å². The van der Waals surface area contributed by atoms with E-state index in [2.05, 4.69) is 5.32 Å². The van der Waals surface area contributed by atoms with E-state index >= 15 is 0 Å². The van der Waals surface area contributed by atoms with Crippen LogP contribution in [0.4, 0.5) is 0 Å². The summed E-state index contributed by atoms with van der Waals surface area (Å²) in [7, 11) is 0. The zero-order chi connectivity index (χ0) is 21.4. The van der Waals surface area contributed by atoms with Crippen molar-refractivity contribution in [3.05, 3.63) is 53.1 Å². The zero-order valence-corrected chi connectivity index (χ0v) is 17.8. The summed E-state index contributed by atoms with van der Waals surface area (Å²) < 4.78 is 16.8. The summed E-state index contributed by atoms with van der Waals surface area (Å²) in [6.45, 7) is 10.1. The van der Waals surface area contributed by atoms with Crippen LogP contribution in [0.3, 0.4) is 0 Å². The van der Waals surface area contributed by atoms with Crippen molar-refractivity contribution in [3.8, 4) is 17.2 Å². The molecule has 0 bridgehead atoms. The van der Waals surface area contributed by atoms with Crippen LogP contribution in [-0.2, 0) is 4.79 Å². The number of rotatable bonds is 10. The van der Waals surface area contributed by atoms with Gasteiger partial charge in [0.05, 0.1) is 0 Å². The molecule has 29 heavy (non-hydrogen) atoms. The second kappa shape index (κ2) is 10.8. The molecule has 158 valence electrons. The van der Waals surface area contributed by atoms with Crippen LogP contribution in [0.1, 0.15) is 30.5 Å². The maximum absolute atomic E-state index is 11.3. The molecule has 0 unspecified atom stereocenters. The van der Waals surface area contributed by atoms with Crippen LogP contribution in [0.2, 0.25) is 0 Å². The Labute approximate surface area is 172 Å². The quantitative estimate of drug-likeness (QED) is 0.470. The number of para-hydroxylation sites is 1. The number of hydrogen-bond donors (Lipinski definition) is 2. The van der Waals surface area contributed by atoms with Crippen LogP contribution < -0.4 is 19.5 Å². The maximum atomic E-state index is 11.3. The van der Waals surface area contributed by atoms with E-state index in [4.69, 9.17) is 14.2 Å². The number of nitrogens with one attached hydrogen (secondary N) is 1. The molecule has 0 spiro atoms. The average molecular weight is 402 g/mol. The molecular weight excluding hydrogens is 370 g/mol. The molecule has 0 aromatic heterocycles. The molecule has 2 N–H and O–H groups in total. The zero-order valence-electron chi connectivity index (χ0n) is 17.8. The summed E-state index contributed by atoms with van der Waals surface area (Å²) in [6, 6.07) is 11.5. The van der Waals surface area contributed by atoms with E-state index < -0.39 is 6.10 Å². The van der Waals surface area contributed by atoms with Gasteiger partial charge in [-0.05, 0) is 62.6 Å². The van der Waals surface area contributed by atoms with Gasteiger partial charge in [0.25, 0.3) is 0 Å². The van der Waals surface area contributed by atoms with Crippen molar-refractivity contribution < 1.29 is 24.1 Å². The third kappa shape index (κ3) is 7.07. The predicted molar refractivity (Wildman–Crippen MR) is 113 cm³/mol. The molecule has 2 aromatic rings. The standard InChI is InChI=1S/C23H31NO5/c1-15-11-22(17(3)18(4)23(15)29-19(5)25)28-14-20(26)12-24-16(2)13-27-21-9-7-6-8-10-21/h6-11,16,20,24,26H,12-14H2,1-5H3/t16-,20-/m0/s1. The first-order valence-electron chi connectivity index (χ1n) is 9.79. The van der Waals surface area contributed by atoms with Crippen molar-refractivity contribution in [2.75, 3.05) is 19.8 Å². The summed E-state index contributed by atoms with van der Waals surface area (Å²) in [5, 5.41) is 13.5. The summed E-state index contributed by atoms with van der Waals surface area (Å²) in [5.41, 5.74) is 2.56. The largest absolute Gasteiger partial charge is 0.492 e. The molecule has 6 heteroatoms. The van der Waals surface area contributed by atoms with Crippen molar-refractivity contribution in [1.29, 1.82) is 0 Å². The third-order valence-corrected chi connectivity index (χ3v) is 4.60. The highest BCUT2D eigenvalue weighted by Crippen LogP contribution is 2.33. The Hall–Kier alpha value is -2.57. The lowest BCUT2D eigenvalue weighted by atomic mass is 10.0. The Morgan fingerprint density at radius 1 is 1.07 bits per heavy atom. The smallest absolute Gasteiger partial charge is 0.308 e. The fourth-order valence-electron chi connectivity index (χ4n) is 2.85. The minimum absolute atomic E-state index is 0.0825. The molecule has 0 amide bonds. The van der Waals surface area contributed by atoms with Gasteiger partial charge in [0, 0.05) is 19.5 Å². The second-order valence-corrected chi connectivity index (χ2v) is 7.26. The van der Waals surface area contributed by atoms with Gasteiger partial charge >= 0.3 is 5.97 Å². The SMILES string of the molecule is CC(=O)Oc1c(C)cc(OC[C@@H](O)CN[C@@H](C)COc2ccccc2)c(C)c1C. The molecule has 0 aliphatic heterocycles. The summed E-state index contributed by atoms with van der Waals surface area (Å²) in [4.78, 5) is 11.3. The Morgan fingerprint density at radius 2 is 1.76 bits per heavy atom. The van der Waals surface area contributed by atoms with Crippen molar-refractivity contribution in [2.45, 2.75) is 46.8 Å². The number of benzene rings is 2. The first kappa shape index (κ1) is 22.7. The molecule has 0 aliphatic rings. The molecule has 0 fully saturated rings. The van der Waals surface area contributed by atoms with E-state index in [1.165, 1.54) is 6.92 Å². The van der Waals surface area contributed by atoms with Crippen LogP contribution in [0, 0.1) is 20.8 Å². The Morgan fingerprint density at radius 3 is 2.41 bits per heavy atom. The minimum atomic E-state index is -0.665. The number of ether oxygens (including phenoxy) is 3. The summed E-state index contributed by atoms with van der Waals surface area (Å²) >= 11 is 0. The van der Waals surface area contributed by atoms with Gasteiger partial charge in [-0.2, -0.15) is 0 Å². The molecule has 2 rings (SSSR count). The van der Waals surface area contributed by atoms with E-state index in [1.54, 1.807) is 0 Å². The number of carbonyl (C=O) groups is 1. The van der Waals surface area contributed by atoms with E-state index in [0.29, 0.717) is 24.7 Å². The van der Waals surface area contributed by atoms with Crippen LogP contribution >= 0.6 is 0 Å². The molecule has 0 saturated carbocycles. The number of aliphatic hydroxyl groups is 1. The number of aryl methyl sites for hydroxylation is 1. The van der Waals surface area contributed by atoms with Gasteiger partial charge in [-0.25, -0.2) is 0 Å². The average Bonchev–Trinajstić information content (AvgIpc) is 2.70. The molecule has 2 aromatic carbocycles.